The molecule has 96 valence electrons. The summed E-state index contributed by atoms with van der Waals surface area (Å²) >= 11 is 1.76. The van der Waals surface area contributed by atoms with Gasteiger partial charge in [-0.3, -0.25) is 4.90 Å². The predicted octanol–water partition coefficient (Wildman–Crippen LogP) is 2.30. The molecule has 0 saturated carbocycles. The van der Waals surface area contributed by atoms with Crippen molar-refractivity contribution in [3.05, 3.63) is 16.1 Å². The number of hydrogen-bond donors (Lipinski definition) is 1. The topological polar surface area (TPSA) is 36.4 Å². The molecule has 0 aliphatic carbocycles. The first-order chi connectivity index (χ1) is 8.15. The van der Waals surface area contributed by atoms with Gasteiger partial charge in [-0.05, 0) is 25.8 Å². The maximum absolute atomic E-state index is 9.44. The Balaban J connectivity index is 1.94. The molecular formula is C13H22N2OS. The molecule has 0 bridgehead atoms. The van der Waals surface area contributed by atoms with E-state index in [1.807, 2.05) is 0 Å². The zero-order valence-electron chi connectivity index (χ0n) is 10.8. The standard InChI is InChI=1S/C13H22N2OS/c1-3-12-14-11(8-17-12)7-15-6-4-5-13(2,9-15)10-16/h8,16H,3-7,9-10H2,1-2H3. The Morgan fingerprint density at radius 3 is 3.06 bits per heavy atom. The van der Waals surface area contributed by atoms with Crippen LogP contribution in [0, 0.1) is 5.41 Å². The molecule has 1 saturated heterocycles. The fraction of sp³-hybridized carbons (Fsp3) is 0.769. The molecule has 1 aliphatic heterocycles. The van der Waals surface area contributed by atoms with Gasteiger partial charge in [-0.15, -0.1) is 11.3 Å². The molecule has 1 aliphatic rings. The number of hydrogen-bond acceptors (Lipinski definition) is 4. The van der Waals surface area contributed by atoms with E-state index < -0.39 is 0 Å². The van der Waals surface area contributed by atoms with Gasteiger partial charge < -0.3 is 5.11 Å². The molecule has 1 unspecified atom stereocenters. The molecule has 4 heteroatoms. The first kappa shape index (κ1) is 13.0. The SMILES string of the molecule is CCc1nc(CN2CCCC(C)(CO)C2)cs1. The van der Waals surface area contributed by atoms with Crippen molar-refractivity contribution < 1.29 is 5.11 Å². The van der Waals surface area contributed by atoms with Crippen LogP contribution in [0.3, 0.4) is 0 Å². The highest BCUT2D eigenvalue weighted by molar-refractivity contribution is 7.09. The number of nitrogens with zero attached hydrogens (tertiary/aromatic N) is 2. The smallest absolute Gasteiger partial charge is 0.0926 e. The number of likely N-dealkylation sites (tertiary alicyclic amines) is 1. The van der Waals surface area contributed by atoms with Gasteiger partial charge in [0.1, 0.15) is 0 Å². The van der Waals surface area contributed by atoms with Gasteiger partial charge in [0.25, 0.3) is 0 Å². The Morgan fingerprint density at radius 2 is 2.41 bits per heavy atom. The third kappa shape index (κ3) is 3.27. The van der Waals surface area contributed by atoms with E-state index in [4.69, 9.17) is 0 Å². The van der Waals surface area contributed by atoms with E-state index in [1.165, 1.54) is 17.1 Å². The van der Waals surface area contributed by atoms with Gasteiger partial charge in [-0.25, -0.2) is 4.98 Å². The third-order valence-corrected chi connectivity index (χ3v) is 4.57. The van der Waals surface area contributed by atoms with Crippen LogP contribution in [-0.2, 0) is 13.0 Å². The first-order valence-corrected chi connectivity index (χ1v) is 7.30. The van der Waals surface area contributed by atoms with Crippen molar-refractivity contribution >= 4 is 11.3 Å². The molecule has 1 atom stereocenters. The Bertz CT molecular complexity index is 366. The third-order valence-electron chi connectivity index (χ3n) is 3.53. The van der Waals surface area contributed by atoms with Gasteiger partial charge in [0, 0.05) is 30.5 Å². The van der Waals surface area contributed by atoms with Crippen molar-refractivity contribution in [2.75, 3.05) is 19.7 Å². The van der Waals surface area contributed by atoms with Crippen LogP contribution in [0.1, 0.15) is 37.4 Å². The fourth-order valence-electron chi connectivity index (χ4n) is 2.50. The van der Waals surface area contributed by atoms with Gasteiger partial charge >= 0.3 is 0 Å². The molecular weight excluding hydrogens is 232 g/mol. The van der Waals surface area contributed by atoms with Crippen molar-refractivity contribution in [3.63, 3.8) is 0 Å². The van der Waals surface area contributed by atoms with Crippen molar-refractivity contribution in [2.24, 2.45) is 5.41 Å². The molecule has 0 amide bonds. The molecule has 1 fully saturated rings. The van der Waals surface area contributed by atoms with Gasteiger partial charge in [-0.1, -0.05) is 13.8 Å². The van der Waals surface area contributed by atoms with Crippen LogP contribution in [0.5, 0.6) is 0 Å². The Kier molecular flexibility index (Phi) is 4.17. The molecule has 0 aromatic carbocycles. The number of aliphatic hydroxyl groups is 1. The van der Waals surface area contributed by atoms with E-state index in [-0.39, 0.29) is 5.41 Å². The average Bonchev–Trinajstić information content (AvgIpc) is 2.77. The average molecular weight is 254 g/mol. The van der Waals surface area contributed by atoms with Crippen molar-refractivity contribution in [1.29, 1.82) is 0 Å². The lowest BCUT2D eigenvalue weighted by Gasteiger charge is -2.39. The van der Waals surface area contributed by atoms with Crippen LogP contribution in [-0.4, -0.2) is 34.7 Å². The summed E-state index contributed by atoms with van der Waals surface area (Å²) in [6, 6.07) is 0. The lowest BCUT2D eigenvalue weighted by atomic mass is 9.83. The van der Waals surface area contributed by atoms with E-state index >= 15 is 0 Å². The summed E-state index contributed by atoms with van der Waals surface area (Å²) in [5.74, 6) is 0. The summed E-state index contributed by atoms with van der Waals surface area (Å²) in [4.78, 5) is 7.04. The summed E-state index contributed by atoms with van der Waals surface area (Å²) in [6.07, 6.45) is 3.35. The van der Waals surface area contributed by atoms with Crippen molar-refractivity contribution in [3.8, 4) is 0 Å². The van der Waals surface area contributed by atoms with Crippen LogP contribution in [0.25, 0.3) is 0 Å². The Labute approximate surface area is 107 Å². The quantitative estimate of drug-likeness (QED) is 0.895. The highest BCUT2D eigenvalue weighted by Crippen LogP contribution is 2.29. The van der Waals surface area contributed by atoms with Crippen LogP contribution in [0.2, 0.25) is 0 Å². The zero-order chi connectivity index (χ0) is 12.3. The second kappa shape index (κ2) is 5.46. The van der Waals surface area contributed by atoms with Crippen molar-refractivity contribution in [2.45, 2.75) is 39.7 Å². The largest absolute Gasteiger partial charge is 0.396 e. The van der Waals surface area contributed by atoms with Crippen LogP contribution < -0.4 is 0 Å². The van der Waals surface area contributed by atoms with E-state index in [2.05, 4.69) is 29.1 Å². The number of piperidine rings is 1. The minimum atomic E-state index is 0.0852. The van der Waals surface area contributed by atoms with Gasteiger partial charge in [0.2, 0.25) is 0 Å². The fourth-order valence-corrected chi connectivity index (χ4v) is 3.24. The molecule has 3 nitrogen and oxygen atoms in total. The Morgan fingerprint density at radius 1 is 1.59 bits per heavy atom. The van der Waals surface area contributed by atoms with Crippen LogP contribution in [0.15, 0.2) is 5.38 Å². The van der Waals surface area contributed by atoms with E-state index in [0.717, 1.165) is 32.5 Å². The van der Waals surface area contributed by atoms with Gasteiger partial charge in [0.15, 0.2) is 0 Å². The second-order valence-corrected chi connectivity index (χ2v) is 6.31. The highest BCUT2D eigenvalue weighted by Gasteiger charge is 2.30. The summed E-state index contributed by atoms with van der Waals surface area (Å²) in [7, 11) is 0. The molecule has 1 aromatic heterocycles. The number of rotatable bonds is 4. The molecule has 2 heterocycles. The summed E-state index contributed by atoms with van der Waals surface area (Å²) < 4.78 is 0. The number of thiazole rings is 1. The van der Waals surface area contributed by atoms with Gasteiger partial charge in [0.05, 0.1) is 10.7 Å². The number of aliphatic hydroxyl groups excluding tert-OH is 1. The van der Waals surface area contributed by atoms with Gasteiger partial charge in [-0.2, -0.15) is 0 Å². The Hall–Kier alpha value is -0.450. The normalized spacial score (nSPS) is 26.3. The summed E-state index contributed by atoms with van der Waals surface area (Å²) in [5, 5.41) is 12.8. The zero-order valence-corrected chi connectivity index (χ0v) is 11.6. The second-order valence-electron chi connectivity index (χ2n) is 5.37. The molecule has 2 rings (SSSR count). The molecule has 1 N–H and O–H groups in total. The first-order valence-electron chi connectivity index (χ1n) is 6.42. The highest BCUT2D eigenvalue weighted by atomic mass is 32.1. The van der Waals surface area contributed by atoms with E-state index in [0.29, 0.717) is 6.61 Å². The summed E-state index contributed by atoms with van der Waals surface area (Å²) in [6.45, 7) is 7.67. The number of aryl methyl sites for hydroxylation is 1. The lowest BCUT2D eigenvalue weighted by molar-refractivity contribution is 0.0424. The summed E-state index contributed by atoms with van der Waals surface area (Å²) in [5.41, 5.74) is 1.27. The molecule has 17 heavy (non-hydrogen) atoms. The maximum Gasteiger partial charge on any atom is 0.0926 e. The molecule has 0 spiro atoms. The molecule has 0 radical (unpaired) electrons. The van der Waals surface area contributed by atoms with Crippen LogP contribution in [0.4, 0.5) is 0 Å². The maximum atomic E-state index is 9.44. The minimum Gasteiger partial charge on any atom is -0.396 e. The van der Waals surface area contributed by atoms with E-state index in [1.54, 1.807) is 11.3 Å². The predicted molar refractivity (Wildman–Crippen MR) is 71.2 cm³/mol. The molecule has 1 aromatic rings. The van der Waals surface area contributed by atoms with Crippen molar-refractivity contribution in [1.82, 2.24) is 9.88 Å². The number of aromatic nitrogens is 1. The van der Waals surface area contributed by atoms with E-state index in [9.17, 15) is 5.11 Å². The lowest BCUT2D eigenvalue weighted by Crippen LogP contribution is -2.43. The monoisotopic (exact) mass is 254 g/mol. The minimum absolute atomic E-state index is 0.0852. The van der Waals surface area contributed by atoms with Crippen LogP contribution >= 0.6 is 11.3 Å².